The summed E-state index contributed by atoms with van der Waals surface area (Å²) in [6.07, 6.45) is 0. The van der Waals surface area contributed by atoms with Crippen molar-refractivity contribution < 1.29 is 4.79 Å². The van der Waals surface area contributed by atoms with E-state index in [1.807, 2.05) is 79.0 Å². The summed E-state index contributed by atoms with van der Waals surface area (Å²) in [5.74, 6) is -0.129. The summed E-state index contributed by atoms with van der Waals surface area (Å²) in [5, 5.41) is 5.25. The summed E-state index contributed by atoms with van der Waals surface area (Å²) < 4.78 is 2.04. The van der Waals surface area contributed by atoms with E-state index in [0.717, 1.165) is 25.8 Å². The molecule has 0 fully saturated rings. The molecule has 4 aromatic rings. The number of hydrogen-bond acceptors (Lipinski definition) is 2. The molecule has 2 N–H and O–H groups in total. The van der Waals surface area contributed by atoms with Gasteiger partial charge in [-0.05, 0) is 40.0 Å². The van der Waals surface area contributed by atoms with Crippen LogP contribution in [0.2, 0.25) is 0 Å². The van der Waals surface area contributed by atoms with Crippen molar-refractivity contribution in [3.63, 3.8) is 0 Å². The molecule has 0 bridgehead atoms. The van der Waals surface area contributed by atoms with Gasteiger partial charge in [0.1, 0.15) is 5.69 Å². The van der Waals surface area contributed by atoms with Crippen LogP contribution in [0.3, 0.4) is 0 Å². The second-order valence-electron chi connectivity index (χ2n) is 6.32. The first-order valence-electron chi connectivity index (χ1n) is 8.27. The first-order chi connectivity index (χ1) is 12.6. The van der Waals surface area contributed by atoms with Crippen LogP contribution < -0.4 is 5.32 Å². The molecule has 26 heavy (non-hydrogen) atoms. The predicted molar refractivity (Wildman–Crippen MR) is 111 cm³/mol. The molecule has 0 radical (unpaired) electrons. The van der Waals surface area contributed by atoms with E-state index in [4.69, 9.17) is 0 Å². The van der Waals surface area contributed by atoms with Crippen molar-refractivity contribution in [2.75, 3.05) is 0 Å². The molecule has 0 spiro atoms. The Kier molecular flexibility index (Phi) is 4.42. The monoisotopic (exact) mass is 424 g/mol. The quantitative estimate of drug-likeness (QED) is 0.434. The van der Waals surface area contributed by atoms with Gasteiger partial charge in [0, 0.05) is 5.38 Å². The lowest BCUT2D eigenvalue weighted by molar-refractivity contribution is 0.0914. The molecule has 2 aromatic carbocycles. The van der Waals surface area contributed by atoms with Gasteiger partial charge in [0.15, 0.2) is 0 Å². The molecule has 0 saturated carbocycles. The molecule has 130 valence electrons. The lowest BCUT2D eigenvalue weighted by Crippen LogP contribution is -2.44. The van der Waals surface area contributed by atoms with Crippen LogP contribution in [0, 0.1) is 0 Å². The lowest BCUT2D eigenvalue weighted by Gasteiger charge is -2.32. The Bertz CT molecular complexity index is 1010. The van der Waals surface area contributed by atoms with Crippen molar-refractivity contribution >= 4 is 43.4 Å². The number of fused-ring (bicyclic) bond motifs is 1. The molecular weight excluding hydrogens is 408 g/mol. The maximum Gasteiger partial charge on any atom is 0.268 e. The molecule has 1 amide bonds. The summed E-state index contributed by atoms with van der Waals surface area (Å²) in [4.78, 5) is 16.3. The minimum Gasteiger partial charge on any atom is -0.349 e. The van der Waals surface area contributed by atoms with Crippen molar-refractivity contribution in [1.82, 2.24) is 10.3 Å². The average molecular weight is 425 g/mol. The smallest absolute Gasteiger partial charge is 0.268 e. The van der Waals surface area contributed by atoms with Crippen molar-refractivity contribution in [3.8, 4) is 0 Å². The number of carbonyl (C=O) groups excluding carboxylic acids is 1. The average Bonchev–Trinajstić information content (AvgIpc) is 3.25. The summed E-state index contributed by atoms with van der Waals surface area (Å²) in [6.45, 7) is 2.04. The normalized spacial score (nSPS) is 11.6. The van der Waals surface area contributed by atoms with Gasteiger partial charge in [-0.25, -0.2) is 0 Å². The van der Waals surface area contributed by atoms with Crippen molar-refractivity contribution in [2.45, 2.75) is 12.5 Å². The number of thiophene rings is 1. The molecule has 5 heteroatoms. The number of H-pyrrole nitrogens is 1. The Morgan fingerprint density at radius 2 is 1.62 bits per heavy atom. The third kappa shape index (κ3) is 2.97. The van der Waals surface area contributed by atoms with Crippen LogP contribution in [0.1, 0.15) is 28.5 Å². The van der Waals surface area contributed by atoms with Gasteiger partial charge < -0.3 is 10.3 Å². The zero-order valence-corrected chi connectivity index (χ0v) is 16.5. The van der Waals surface area contributed by atoms with Gasteiger partial charge in [-0.15, -0.1) is 11.3 Å². The topological polar surface area (TPSA) is 44.9 Å². The summed E-state index contributed by atoms with van der Waals surface area (Å²) >= 11 is 5.12. The van der Waals surface area contributed by atoms with Gasteiger partial charge in [0.05, 0.1) is 20.2 Å². The highest BCUT2D eigenvalue weighted by molar-refractivity contribution is 9.10. The second kappa shape index (κ2) is 6.74. The molecular formula is C21H17BrN2OS. The third-order valence-electron chi connectivity index (χ3n) is 4.62. The van der Waals surface area contributed by atoms with Crippen LogP contribution in [-0.2, 0) is 5.54 Å². The lowest BCUT2D eigenvalue weighted by atomic mass is 9.84. The van der Waals surface area contributed by atoms with Gasteiger partial charge in [-0.1, -0.05) is 60.7 Å². The Morgan fingerprint density at radius 3 is 2.15 bits per heavy atom. The summed E-state index contributed by atoms with van der Waals surface area (Å²) in [5.41, 5.74) is 2.96. The van der Waals surface area contributed by atoms with Gasteiger partial charge in [0.25, 0.3) is 5.91 Å². The van der Waals surface area contributed by atoms with E-state index in [9.17, 15) is 4.79 Å². The Labute approximate surface area is 164 Å². The van der Waals surface area contributed by atoms with Crippen LogP contribution in [-0.4, -0.2) is 10.9 Å². The van der Waals surface area contributed by atoms with E-state index in [0.29, 0.717) is 5.69 Å². The highest BCUT2D eigenvalue weighted by Crippen LogP contribution is 2.32. The first kappa shape index (κ1) is 17.1. The van der Waals surface area contributed by atoms with Crippen LogP contribution in [0.4, 0.5) is 0 Å². The maximum atomic E-state index is 13.0. The molecule has 0 aliphatic heterocycles. The number of halogens is 1. The van der Waals surface area contributed by atoms with Crippen molar-refractivity contribution in [3.05, 3.63) is 93.4 Å². The first-order valence-corrected chi connectivity index (χ1v) is 9.94. The molecule has 3 nitrogen and oxygen atoms in total. The molecule has 0 aliphatic carbocycles. The fourth-order valence-corrected chi connectivity index (χ4v) is 4.69. The minimum absolute atomic E-state index is 0.129. The van der Waals surface area contributed by atoms with E-state index in [-0.39, 0.29) is 5.91 Å². The number of amides is 1. The SMILES string of the molecule is CC(NC(=O)c1cc2scc(Br)c2[nH]1)(c1ccccc1)c1ccccc1. The van der Waals surface area contributed by atoms with E-state index < -0.39 is 5.54 Å². The molecule has 2 heterocycles. The number of benzene rings is 2. The van der Waals surface area contributed by atoms with E-state index in [2.05, 4.69) is 26.2 Å². The largest absolute Gasteiger partial charge is 0.349 e. The molecule has 2 aromatic heterocycles. The van der Waals surface area contributed by atoms with Crippen molar-refractivity contribution in [2.24, 2.45) is 0 Å². The summed E-state index contributed by atoms with van der Waals surface area (Å²) in [7, 11) is 0. The molecule has 4 rings (SSSR count). The highest BCUT2D eigenvalue weighted by Gasteiger charge is 2.31. The van der Waals surface area contributed by atoms with E-state index in [1.54, 1.807) is 11.3 Å². The second-order valence-corrected chi connectivity index (χ2v) is 8.08. The van der Waals surface area contributed by atoms with Crippen LogP contribution >= 0.6 is 27.3 Å². The molecule has 0 aliphatic rings. The third-order valence-corrected chi connectivity index (χ3v) is 6.48. The van der Waals surface area contributed by atoms with Crippen LogP contribution in [0.5, 0.6) is 0 Å². The van der Waals surface area contributed by atoms with Crippen LogP contribution in [0.25, 0.3) is 10.2 Å². The molecule has 0 saturated heterocycles. The fraction of sp³-hybridized carbons (Fsp3) is 0.0952. The number of hydrogen-bond donors (Lipinski definition) is 2. The number of aromatic nitrogens is 1. The molecule has 0 atom stereocenters. The maximum absolute atomic E-state index is 13.0. The zero-order valence-electron chi connectivity index (χ0n) is 14.1. The number of nitrogens with one attached hydrogen (secondary N) is 2. The Morgan fingerprint density at radius 1 is 1.04 bits per heavy atom. The fourth-order valence-electron chi connectivity index (χ4n) is 3.15. The number of rotatable bonds is 4. The Hall–Kier alpha value is -2.37. The molecule has 0 unspecified atom stereocenters. The summed E-state index contributed by atoms with van der Waals surface area (Å²) in [6, 6.07) is 22.0. The zero-order chi connectivity index (χ0) is 18.1. The number of carbonyl (C=O) groups is 1. The van der Waals surface area contributed by atoms with Gasteiger partial charge in [-0.2, -0.15) is 0 Å². The highest BCUT2D eigenvalue weighted by atomic mass is 79.9. The van der Waals surface area contributed by atoms with E-state index >= 15 is 0 Å². The predicted octanol–water partition coefficient (Wildman–Crippen LogP) is 5.69. The van der Waals surface area contributed by atoms with Gasteiger partial charge >= 0.3 is 0 Å². The van der Waals surface area contributed by atoms with Gasteiger partial charge in [0.2, 0.25) is 0 Å². The number of aromatic amines is 1. The van der Waals surface area contributed by atoms with E-state index in [1.165, 1.54) is 0 Å². The Balaban J connectivity index is 1.74. The van der Waals surface area contributed by atoms with Crippen molar-refractivity contribution in [1.29, 1.82) is 0 Å². The van der Waals surface area contributed by atoms with Crippen LogP contribution in [0.15, 0.2) is 76.6 Å². The minimum atomic E-state index is -0.630. The van der Waals surface area contributed by atoms with Gasteiger partial charge in [-0.3, -0.25) is 4.79 Å². The standard InChI is InChI=1S/C21H17BrN2OS/c1-21(14-8-4-2-5-9-14,15-10-6-3-7-11-15)24-20(25)17-12-18-19(23-17)16(22)13-26-18/h2-13,23H,1H3,(H,24,25).